The number of carbonyl (C=O) groups is 1. The Labute approximate surface area is 121 Å². The average Bonchev–Trinajstić information content (AvgIpc) is 2.92. The molecule has 1 aromatic carbocycles. The summed E-state index contributed by atoms with van der Waals surface area (Å²) in [5, 5.41) is 5.67. The quantitative estimate of drug-likeness (QED) is 0.848. The Hall–Kier alpha value is -2.08. The minimum Gasteiger partial charge on any atom is -0.497 e. The molecule has 0 aliphatic heterocycles. The molecule has 2 aromatic rings. The van der Waals surface area contributed by atoms with Gasteiger partial charge in [-0.1, -0.05) is 0 Å². The highest BCUT2D eigenvalue weighted by Crippen LogP contribution is 2.24. The van der Waals surface area contributed by atoms with Crippen molar-refractivity contribution >= 4 is 22.9 Å². The summed E-state index contributed by atoms with van der Waals surface area (Å²) in [4.78, 5) is 16.6. The zero-order valence-corrected chi connectivity index (χ0v) is 12.5. The summed E-state index contributed by atoms with van der Waals surface area (Å²) < 4.78 is 5.07. The van der Waals surface area contributed by atoms with Crippen LogP contribution in [0.25, 0.3) is 0 Å². The fraction of sp³-hybridized carbons (Fsp3) is 0.286. The lowest BCUT2D eigenvalue weighted by Gasteiger charge is -2.24. The molecule has 106 valence electrons. The van der Waals surface area contributed by atoms with Crippen molar-refractivity contribution in [3.05, 3.63) is 40.3 Å². The monoisotopic (exact) mass is 291 g/mol. The highest BCUT2D eigenvalue weighted by Gasteiger charge is 2.26. The van der Waals surface area contributed by atoms with Crippen molar-refractivity contribution in [2.75, 3.05) is 12.8 Å². The maximum absolute atomic E-state index is 12.3. The number of nitrogens with zero attached hydrogens (tertiary/aromatic N) is 1. The predicted molar refractivity (Wildman–Crippen MR) is 80.0 cm³/mol. The third kappa shape index (κ3) is 2.91. The SMILES string of the molecule is COc1ccc(C(=O)NC(C)(C)c2nccs2)c(N)c1. The maximum Gasteiger partial charge on any atom is 0.254 e. The lowest BCUT2D eigenvalue weighted by atomic mass is 10.0. The molecule has 6 heteroatoms. The molecule has 1 aromatic heterocycles. The molecule has 0 bridgehead atoms. The van der Waals surface area contributed by atoms with Gasteiger partial charge in [0.2, 0.25) is 0 Å². The lowest BCUT2D eigenvalue weighted by Crippen LogP contribution is -2.41. The molecule has 0 spiro atoms. The van der Waals surface area contributed by atoms with Crippen molar-refractivity contribution in [2.45, 2.75) is 19.4 Å². The second-order valence-electron chi connectivity index (χ2n) is 4.87. The standard InChI is InChI=1S/C14H17N3O2S/c1-14(2,13-16-6-7-20-13)17-12(18)10-5-4-9(19-3)8-11(10)15/h4-8H,15H2,1-3H3,(H,17,18). The normalized spacial score (nSPS) is 11.2. The highest BCUT2D eigenvalue weighted by molar-refractivity contribution is 7.09. The summed E-state index contributed by atoms with van der Waals surface area (Å²) in [5.74, 6) is 0.392. The van der Waals surface area contributed by atoms with Gasteiger partial charge in [0.25, 0.3) is 5.91 Å². The minimum atomic E-state index is -0.544. The zero-order valence-electron chi connectivity index (χ0n) is 11.6. The number of hydrogen-bond acceptors (Lipinski definition) is 5. The number of anilines is 1. The summed E-state index contributed by atoms with van der Waals surface area (Å²) in [5.41, 5.74) is 6.15. The van der Waals surface area contributed by atoms with Crippen LogP contribution in [0.3, 0.4) is 0 Å². The Balaban J connectivity index is 2.20. The number of methoxy groups -OCH3 is 1. The molecule has 20 heavy (non-hydrogen) atoms. The van der Waals surface area contributed by atoms with Crippen molar-refractivity contribution in [3.63, 3.8) is 0 Å². The van der Waals surface area contributed by atoms with Gasteiger partial charge in [-0.3, -0.25) is 4.79 Å². The topological polar surface area (TPSA) is 77.2 Å². The van der Waals surface area contributed by atoms with Crippen molar-refractivity contribution in [2.24, 2.45) is 0 Å². The second-order valence-corrected chi connectivity index (χ2v) is 5.76. The van der Waals surface area contributed by atoms with E-state index in [0.29, 0.717) is 17.0 Å². The molecule has 5 nitrogen and oxygen atoms in total. The molecule has 3 N–H and O–H groups in total. The van der Waals surface area contributed by atoms with E-state index in [2.05, 4.69) is 10.3 Å². The Morgan fingerprint density at radius 1 is 1.45 bits per heavy atom. The van der Waals surface area contributed by atoms with E-state index in [9.17, 15) is 4.79 Å². The van der Waals surface area contributed by atoms with Gasteiger partial charge in [-0.15, -0.1) is 11.3 Å². The largest absolute Gasteiger partial charge is 0.497 e. The van der Waals surface area contributed by atoms with Crippen molar-refractivity contribution < 1.29 is 9.53 Å². The van der Waals surface area contributed by atoms with E-state index >= 15 is 0 Å². The van der Waals surface area contributed by atoms with Crippen LogP contribution >= 0.6 is 11.3 Å². The van der Waals surface area contributed by atoms with Gasteiger partial charge in [0.1, 0.15) is 10.8 Å². The van der Waals surface area contributed by atoms with Crippen LogP contribution in [-0.2, 0) is 5.54 Å². The zero-order chi connectivity index (χ0) is 14.8. The Kier molecular flexibility index (Phi) is 3.94. The van der Waals surface area contributed by atoms with Crippen LogP contribution in [0.2, 0.25) is 0 Å². The summed E-state index contributed by atoms with van der Waals surface area (Å²) in [6.07, 6.45) is 1.72. The third-order valence-electron chi connectivity index (χ3n) is 2.90. The highest BCUT2D eigenvalue weighted by atomic mass is 32.1. The summed E-state index contributed by atoms with van der Waals surface area (Å²) in [6, 6.07) is 4.99. The molecule has 1 heterocycles. The first kappa shape index (κ1) is 14.3. The van der Waals surface area contributed by atoms with Gasteiger partial charge in [-0.05, 0) is 26.0 Å². The number of benzene rings is 1. The summed E-state index contributed by atoms with van der Waals surface area (Å²) in [6.45, 7) is 3.81. The third-order valence-corrected chi connectivity index (χ3v) is 3.99. The van der Waals surface area contributed by atoms with Gasteiger partial charge < -0.3 is 15.8 Å². The molecule has 0 saturated heterocycles. The van der Waals surface area contributed by atoms with Crippen molar-refractivity contribution in [1.29, 1.82) is 0 Å². The van der Waals surface area contributed by atoms with Crippen LogP contribution in [0.1, 0.15) is 29.2 Å². The number of hydrogen-bond donors (Lipinski definition) is 2. The number of nitrogens with one attached hydrogen (secondary N) is 1. The van der Waals surface area contributed by atoms with E-state index < -0.39 is 5.54 Å². The number of nitrogens with two attached hydrogens (primary N) is 1. The van der Waals surface area contributed by atoms with E-state index in [4.69, 9.17) is 10.5 Å². The van der Waals surface area contributed by atoms with Gasteiger partial charge >= 0.3 is 0 Å². The Morgan fingerprint density at radius 3 is 2.75 bits per heavy atom. The molecule has 0 unspecified atom stereocenters. The van der Waals surface area contributed by atoms with Gasteiger partial charge in [-0.2, -0.15) is 0 Å². The van der Waals surface area contributed by atoms with Crippen LogP contribution < -0.4 is 15.8 Å². The molecular formula is C14H17N3O2S. The number of ether oxygens (including phenoxy) is 1. The fourth-order valence-electron chi connectivity index (χ4n) is 1.81. The molecule has 0 radical (unpaired) electrons. The molecule has 0 aliphatic carbocycles. The molecule has 1 amide bonds. The number of rotatable bonds is 4. The minimum absolute atomic E-state index is 0.231. The molecule has 0 aliphatic rings. The van der Waals surface area contributed by atoms with E-state index in [0.717, 1.165) is 5.01 Å². The van der Waals surface area contributed by atoms with Crippen LogP contribution in [0.15, 0.2) is 29.8 Å². The average molecular weight is 291 g/mol. The fourth-order valence-corrected chi connectivity index (χ4v) is 2.53. The van der Waals surface area contributed by atoms with E-state index in [1.165, 1.54) is 11.3 Å². The van der Waals surface area contributed by atoms with Gasteiger partial charge in [-0.25, -0.2) is 4.98 Å². The van der Waals surface area contributed by atoms with Crippen molar-refractivity contribution in [3.8, 4) is 5.75 Å². The van der Waals surface area contributed by atoms with Crippen LogP contribution in [0, 0.1) is 0 Å². The number of nitrogen functional groups attached to an aromatic ring is 1. The van der Waals surface area contributed by atoms with Crippen LogP contribution in [0.4, 0.5) is 5.69 Å². The predicted octanol–water partition coefficient (Wildman–Crippen LogP) is 2.40. The Morgan fingerprint density at radius 2 is 2.20 bits per heavy atom. The van der Waals surface area contributed by atoms with E-state index in [1.807, 2.05) is 19.2 Å². The van der Waals surface area contributed by atoms with Gasteiger partial charge in [0, 0.05) is 23.3 Å². The van der Waals surface area contributed by atoms with Crippen molar-refractivity contribution in [1.82, 2.24) is 10.3 Å². The van der Waals surface area contributed by atoms with Crippen LogP contribution in [-0.4, -0.2) is 18.0 Å². The van der Waals surface area contributed by atoms with E-state index in [-0.39, 0.29) is 5.91 Å². The molecule has 2 rings (SSSR count). The van der Waals surface area contributed by atoms with Crippen LogP contribution in [0.5, 0.6) is 5.75 Å². The lowest BCUT2D eigenvalue weighted by molar-refractivity contribution is 0.0913. The molecular weight excluding hydrogens is 274 g/mol. The van der Waals surface area contributed by atoms with E-state index in [1.54, 1.807) is 31.5 Å². The smallest absolute Gasteiger partial charge is 0.254 e. The first-order valence-corrected chi connectivity index (χ1v) is 6.98. The first-order chi connectivity index (χ1) is 9.44. The number of thiazole rings is 1. The van der Waals surface area contributed by atoms with Gasteiger partial charge in [0.05, 0.1) is 18.2 Å². The molecule has 0 saturated carbocycles. The maximum atomic E-state index is 12.3. The summed E-state index contributed by atoms with van der Waals surface area (Å²) in [7, 11) is 1.56. The molecule has 0 fully saturated rings. The number of amides is 1. The molecule has 0 atom stereocenters. The summed E-state index contributed by atoms with van der Waals surface area (Å²) >= 11 is 1.50. The number of carbonyl (C=O) groups excluding carboxylic acids is 1. The van der Waals surface area contributed by atoms with Gasteiger partial charge in [0.15, 0.2) is 0 Å². The first-order valence-electron chi connectivity index (χ1n) is 6.10. The Bertz CT molecular complexity index is 609. The second kappa shape index (κ2) is 5.50. The number of aromatic nitrogens is 1.